The number of aromatic amines is 1. The van der Waals surface area contributed by atoms with E-state index in [4.69, 9.17) is 0 Å². The third-order valence-corrected chi connectivity index (χ3v) is 2.70. The zero-order valence-corrected chi connectivity index (χ0v) is 10.6. The fourth-order valence-corrected chi connectivity index (χ4v) is 1.73. The maximum Gasteiger partial charge on any atom is 0.148 e. The van der Waals surface area contributed by atoms with Crippen LogP contribution < -0.4 is 5.32 Å². The van der Waals surface area contributed by atoms with Gasteiger partial charge in [-0.2, -0.15) is 5.10 Å². The molecule has 2 rings (SSSR count). The van der Waals surface area contributed by atoms with Gasteiger partial charge < -0.3 is 5.32 Å². The molecule has 2 aromatic rings. The molecule has 3 heteroatoms. The summed E-state index contributed by atoms with van der Waals surface area (Å²) >= 11 is 0. The summed E-state index contributed by atoms with van der Waals surface area (Å²) in [4.78, 5) is 0. The summed E-state index contributed by atoms with van der Waals surface area (Å²) in [7, 11) is 0. The van der Waals surface area contributed by atoms with E-state index in [1.54, 1.807) is 0 Å². The molecule has 0 aliphatic rings. The zero-order valence-electron chi connectivity index (χ0n) is 10.6. The van der Waals surface area contributed by atoms with Gasteiger partial charge in [-0.25, -0.2) is 0 Å². The quantitative estimate of drug-likeness (QED) is 0.843. The van der Waals surface area contributed by atoms with Crippen molar-refractivity contribution in [3.05, 3.63) is 35.9 Å². The lowest BCUT2D eigenvalue weighted by Gasteiger charge is -2.04. The lowest BCUT2D eigenvalue weighted by atomic mass is 10.1. The normalized spacial score (nSPS) is 10.8. The van der Waals surface area contributed by atoms with E-state index in [-0.39, 0.29) is 0 Å². The number of aromatic nitrogens is 2. The Hall–Kier alpha value is -1.77. The molecule has 1 aromatic heterocycles. The Kier molecular flexibility index (Phi) is 3.47. The average Bonchev–Trinajstić information content (AvgIpc) is 2.75. The average molecular weight is 229 g/mol. The van der Waals surface area contributed by atoms with Crippen molar-refractivity contribution in [2.24, 2.45) is 5.92 Å². The van der Waals surface area contributed by atoms with Crippen LogP contribution in [-0.2, 0) is 0 Å². The first-order chi connectivity index (χ1) is 8.16. The Bertz CT molecular complexity index is 486. The number of benzene rings is 1. The maximum absolute atomic E-state index is 4.27. The smallest absolute Gasteiger partial charge is 0.148 e. The number of aryl methyl sites for hydroxylation is 1. The van der Waals surface area contributed by atoms with Crippen LogP contribution in [0.3, 0.4) is 0 Å². The van der Waals surface area contributed by atoms with Crippen molar-refractivity contribution in [2.45, 2.75) is 20.8 Å². The molecule has 90 valence electrons. The SMILES string of the molecule is Cc1ccccc1-c1cc(NCC(C)C)n[nH]1. The highest BCUT2D eigenvalue weighted by Crippen LogP contribution is 2.22. The number of nitrogens with one attached hydrogen (secondary N) is 2. The highest BCUT2D eigenvalue weighted by atomic mass is 15.2. The van der Waals surface area contributed by atoms with Gasteiger partial charge in [0.2, 0.25) is 0 Å². The Morgan fingerprint density at radius 3 is 2.76 bits per heavy atom. The van der Waals surface area contributed by atoms with E-state index in [0.717, 1.165) is 18.1 Å². The van der Waals surface area contributed by atoms with E-state index in [9.17, 15) is 0 Å². The molecule has 17 heavy (non-hydrogen) atoms. The first-order valence-electron chi connectivity index (χ1n) is 6.02. The van der Waals surface area contributed by atoms with Crippen LogP contribution in [-0.4, -0.2) is 16.7 Å². The van der Waals surface area contributed by atoms with E-state index in [2.05, 4.69) is 54.5 Å². The van der Waals surface area contributed by atoms with Gasteiger partial charge in [-0.15, -0.1) is 0 Å². The first kappa shape index (κ1) is 11.7. The fraction of sp³-hybridized carbons (Fsp3) is 0.357. The van der Waals surface area contributed by atoms with Gasteiger partial charge in [0.25, 0.3) is 0 Å². The van der Waals surface area contributed by atoms with Gasteiger partial charge in [0.05, 0.1) is 5.69 Å². The van der Waals surface area contributed by atoms with Gasteiger partial charge in [0, 0.05) is 18.2 Å². The second-order valence-electron chi connectivity index (χ2n) is 4.76. The van der Waals surface area contributed by atoms with Crippen LogP contribution in [0, 0.1) is 12.8 Å². The summed E-state index contributed by atoms with van der Waals surface area (Å²) in [6.45, 7) is 7.42. The Labute approximate surface area is 102 Å². The molecule has 0 aliphatic heterocycles. The molecule has 0 fully saturated rings. The van der Waals surface area contributed by atoms with E-state index in [1.165, 1.54) is 11.1 Å². The number of anilines is 1. The lowest BCUT2D eigenvalue weighted by Crippen LogP contribution is -2.07. The Balaban J connectivity index is 2.16. The summed E-state index contributed by atoms with van der Waals surface area (Å²) < 4.78 is 0. The molecule has 0 spiro atoms. The number of hydrogen-bond acceptors (Lipinski definition) is 2. The zero-order chi connectivity index (χ0) is 12.3. The molecule has 0 saturated heterocycles. The summed E-state index contributed by atoms with van der Waals surface area (Å²) in [5.74, 6) is 1.53. The maximum atomic E-state index is 4.27. The minimum absolute atomic E-state index is 0.619. The van der Waals surface area contributed by atoms with Crippen molar-refractivity contribution < 1.29 is 0 Å². The molecule has 0 aliphatic carbocycles. The molecule has 0 radical (unpaired) electrons. The lowest BCUT2D eigenvalue weighted by molar-refractivity contribution is 0.687. The molecule has 0 amide bonds. The van der Waals surface area contributed by atoms with Crippen LogP contribution in [0.4, 0.5) is 5.82 Å². The topological polar surface area (TPSA) is 40.7 Å². The van der Waals surface area contributed by atoms with Crippen molar-refractivity contribution in [1.29, 1.82) is 0 Å². The third kappa shape index (κ3) is 2.87. The largest absolute Gasteiger partial charge is 0.368 e. The van der Waals surface area contributed by atoms with Crippen molar-refractivity contribution in [1.82, 2.24) is 10.2 Å². The molecular formula is C14H19N3. The van der Waals surface area contributed by atoms with E-state index in [1.807, 2.05) is 12.1 Å². The molecule has 0 unspecified atom stereocenters. The van der Waals surface area contributed by atoms with Crippen LogP contribution in [0.5, 0.6) is 0 Å². The van der Waals surface area contributed by atoms with Crippen LogP contribution >= 0.6 is 0 Å². The Morgan fingerprint density at radius 2 is 2.06 bits per heavy atom. The van der Waals surface area contributed by atoms with E-state index in [0.29, 0.717) is 5.92 Å². The van der Waals surface area contributed by atoms with Gasteiger partial charge in [-0.05, 0) is 18.4 Å². The molecule has 0 bridgehead atoms. The molecular weight excluding hydrogens is 210 g/mol. The van der Waals surface area contributed by atoms with Crippen LogP contribution in [0.2, 0.25) is 0 Å². The highest BCUT2D eigenvalue weighted by molar-refractivity contribution is 5.66. The summed E-state index contributed by atoms with van der Waals surface area (Å²) in [5, 5.41) is 10.7. The van der Waals surface area contributed by atoms with Gasteiger partial charge in [0.15, 0.2) is 0 Å². The van der Waals surface area contributed by atoms with Gasteiger partial charge in [-0.3, -0.25) is 5.10 Å². The standard InChI is InChI=1S/C14H19N3/c1-10(2)9-15-14-8-13(16-17-14)12-7-5-4-6-11(12)3/h4-8,10H,9H2,1-3H3,(H2,15,16,17). The van der Waals surface area contributed by atoms with Crippen LogP contribution in [0.15, 0.2) is 30.3 Å². The van der Waals surface area contributed by atoms with Crippen molar-refractivity contribution in [3.8, 4) is 11.3 Å². The van der Waals surface area contributed by atoms with Gasteiger partial charge >= 0.3 is 0 Å². The minimum Gasteiger partial charge on any atom is -0.368 e. The van der Waals surface area contributed by atoms with Crippen LogP contribution in [0.1, 0.15) is 19.4 Å². The fourth-order valence-electron chi connectivity index (χ4n) is 1.73. The Morgan fingerprint density at radius 1 is 1.29 bits per heavy atom. The molecule has 1 heterocycles. The monoisotopic (exact) mass is 229 g/mol. The molecule has 0 atom stereocenters. The summed E-state index contributed by atoms with van der Waals surface area (Å²) in [6, 6.07) is 10.4. The van der Waals surface area contributed by atoms with Crippen molar-refractivity contribution in [2.75, 3.05) is 11.9 Å². The molecule has 2 N–H and O–H groups in total. The third-order valence-electron chi connectivity index (χ3n) is 2.70. The van der Waals surface area contributed by atoms with Crippen molar-refractivity contribution in [3.63, 3.8) is 0 Å². The number of rotatable bonds is 4. The number of hydrogen-bond donors (Lipinski definition) is 2. The van der Waals surface area contributed by atoms with Crippen LogP contribution in [0.25, 0.3) is 11.3 Å². The van der Waals surface area contributed by atoms with E-state index < -0.39 is 0 Å². The van der Waals surface area contributed by atoms with E-state index >= 15 is 0 Å². The molecule has 0 saturated carbocycles. The highest BCUT2D eigenvalue weighted by Gasteiger charge is 2.05. The molecule has 3 nitrogen and oxygen atoms in total. The van der Waals surface area contributed by atoms with Crippen molar-refractivity contribution >= 4 is 5.82 Å². The predicted octanol–water partition coefficient (Wildman–Crippen LogP) is 3.45. The van der Waals surface area contributed by atoms with Gasteiger partial charge in [0.1, 0.15) is 5.82 Å². The number of H-pyrrole nitrogens is 1. The minimum atomic E-state index is 0.619. The summed E-state index contributed by atoms with van der Waals surface area (Å²) in [5.41, 5.74) is 3.53. The second-order valence-corrected chi connectivity index (χ2v) is 4.76. The second kappa shape index (κ2) is 5.04. The van der Waals surface area contributed by atoms with Gasteiger partial charge in [-0.1, -0.05) is 38.1 Å². The number of nitrogens with zero attached hydrogens (tertiary/aromatic N) is 1. The predicted molar refractivity (Wildman–Crippen MR) is 72.1 cm³/mol. The molecule has 1 aromatic carbocycles. The summed E-state index contributed by atoms with van der Waals surface area (Å²) in [6.07, 6.45) is 0. The first-order valence-corrected chi connectivity index (χ1v) is 6.02.